The number of aromatic nitrogens is 3. The number of carboxylic acids is 1. The van der Waals surface area contributed by atoms with Gasteiger partial charge in [0.1, 0.15) is 11.4 Å². The maximum atomic E-state index is 10.4. The van der Waals surface area contributed by atoms with Crippen molar-refractivity contribution in [3.05, 3.63) is 30.5 Å². The van der Waals surface area contributed by atoms with Crippen molar-refractivity contribution >= 4 is 5.97 Å². The predicted molar refractivity (Wildman–Crippen MR) is 59.4 cm³/mol. The third-order valence-electron chi connectivity index (χ3n) is 2.24. The fourth-order valence-electron chi connectivity index (χ4n) is 1.42. The summed E-state index contributed by atoms with van der Waals surface area (Å²) in [4.78, 5) is 10.4. The van der Waals surface area contributed by atoms with Crippen molar-refractivity contribution < 1.29 is 15.0 Å². The number of aromatic hydroxyl groups is 1. The highest BCUT2D eigenvalue weighted by molar-refractivity contribution is 5.66. The lowest BCUT2D eigenvalue weighted by Crippen LogP contribution is -2.04. The molecular formula is C11H11N3O3. The molecule has 88 valence electrons. The zero-order chi connectivity index (χ0) is 12.3. The number of hydrogen-bond donors (Lipinski definition) is 2. The highest BCUT2D eigenvalue weighted by Crippen LogP contribution is 2.20. The Hall–Kier alpha value is -2.37. The predicted octanol–water partition coefficient (Wildman–Crippen LogP) is 1.13. The van der Waals surface area contributed by atoms with E-state index in [2.05, 4.69) is 10.3 Å². The molecule has 1 heterocycles. The molecule has 0 aliphatic carbocycles. The lowest BCUT2D eigenvalue weighted by molar-refractivity contribution is -0.137. The van der Waals surface area contributed by atoms with Gasteiger partial charge in [-0.3, -0.25) is 9.48 Å². The number of carbonyl (C=O) groups is 1. The van der Waals surface area contributed by atoms with Gasteiger partial charge in [-0.2, -0.15) is 0 Å². The maximum Gasteiger partial charge on any atom is 0.305 e. The second-order valence-corrected chi connectivity index (χ2v) is 3.56. The molecule has 2 rings (SSSR count). The van der Waals surface area contributed by atoms with E-state index in [0.29, 0.717) is 5.69 Å². The highest BCUT2D eigenvalue weighted by Gasteiger charge is 2.05. The molecule has 17 heavy (non-hydrogen) atoms. The standard InChI is InChI=1S/C11H11N3O3/c15-9-3-1-2-8(6-9)10-7-14(13-12-10)5-4-11(16)17/h1-3,6-7,15H,4-5H2,(H,16,17). The summed E-state index contributed by atoms with van der Waals surface area (Å²) in [5, 5.41) is 25.6. The Morgan fingerprint density at radius 2 is 2.24 bits per heavy atom. The summed E-state index contributed by atoms with van der Waals surface area (Å²) in [5.74, 6) is -0.720. The van der Waals surface area contributed by atoms with Crippen LogP contribution in [0, 0.1) is 0 Å². The molecule has 0 unspecified atom stereocenters. The molecule has 0 spiro atoms. The van der Waals surface area contributed by atoms with Crippen molar-refractivity contribution in [2.45, 2.75) is 13.0 Å². The number of nitrogens with zero attached hydrogens (tertiary/aromatic N) is 3. The van der Waals surface area contributed by atoms with Crippen LogP contribution >= 0.6 is 0 Å². The average molecular weight is 233 g/mol. The Labute approximate surface area is 97.1 Å². The molecule has 0 amide bonds. The molecule has 0 saturated carbocycles. The second-order valence-electron chi connectivity index (χ2n) is 3.56. The van der Waals surface area contributed by atoms with Crippen molar-refractivity contribution in [2.75, 3.05) is 0 Å². The topological polar surface area (TPSA) is 88.2 Å². The number of carboxylic acid groups (broad SMARTS) is 1. The van der Waals surface area contributed by atoms with E-state index in [-0.39, 0.29) is 18.7 Å². The summed E-state index contributed by atoms with van der Waals surface area (Å²) >= 11 is 0. The van der Waals surface area contributed by atoms with Gasteiger partial charge < -0.3 is 10.2 Å². The molecular weight excluding hydrogens is 222 g/mol. The minimum Gasteiger partial charge on any atom is -0.508 e. The van der Waals surface area contributed by atoms with Gasteiger partial charge in [0, 0.05) is 5.56 Å². The van der Waals surface area contributed by atoms with E-state index >= 15 is 0 Å². The van der Waals surface area contributed by atoms with Gasteiger partial charge in [0.2, 0.25) is 0 Å². The number of rotatable bonds is 4. The quantitative estimate of drug-likeness (QED) is 0.826. The Kier molecular flexibility index (Phi) is 3.04. The normalized spacial score (nSPS) is 10.4. The first kappa shape index (κ1) is 11.1. The average Bonchev–Trinajstić information content (AvgIpc) is 2.75. The molecule has 0 aliphatic heterocycles. The van der Waals surface area contributed by atoms with Crippen LogP contribution in [0.5, 0.6) is 5.75 Å². The van der Waals surface area contributed by atoms with E-state index in [1.807, 2.05) is 0 Å². The van der Waals surface area contributed by atoms with E-state index < -0.39 is 5.97 Å². The molecule has 0 saturated heterocycles. The van der Waals surface area contributed by atoms with Crippen LogP contribution in [0.25, 0.3) is 11.3 Å². The van der Waals surface area contributed by atoms with Crippen LogP contribution in [0.3, 0.4) is 0 Å². The fraction of sp³-hybridized carbons (Fsp3) is 0.182. The monoisotopic (exact) mass is 233 g/mol. The zero-order valence-corrected chi connectivity index (χ0v) is 8.95. The Morgan fingerprint density at radius 3 is 2.94 bits per heavy atom. The van der Waals surface area contributed by atoms with Gasteiger partial charge in [-0.05, 0) is 12.1 Å². The lowest BCUT2D eigenvalue weighted by atomic mass is 10.1. The van der Waals surface area contributed by atoms with Gasteiger partial charge in [0.15, 0.2) is 0 Å². The summed E-state index contributed by atoms with van der Waals surface area (Å²) in [5.41, 5.74) is 1.35. The third kappa shape index (κ3) is 2.81. The molecule has 0 fully saturated rings. The van der Waals surface area contributed by atoms with Crippen LogP contribution < -0.4 is 0 Å². The summed E-state index contributed by atoms with van der Waals surface area (Å²) in [6, 6.07) is 6.65. The van der Waals surface area contributed by atoms with Crippen molar-refractivity contribution in [1.82, 2.24) is 15.0 Å². The second kappa shape index (κ2) is 4.65. The SMILES string of the molecule is O=C(O)CCn1cc(-c2cccc(O)c2)nn1. The molecule has 2 N–H and O–H groups in total. The van der Waals surface area contributed by atoms with E-state index in [0.717, 1.165) is 5.56 Å². The van der Waals surface area contributed by atoms with Gasteiger partial charge in [-0.1, -0.05) is 17.3 Å². The van der Waals surface area contributed by atoms with Crippen LogP contribution in [-0.4, -0.2) is 31.2 Å². The molecule has 0 aliphatic rings. The molecule has 0 bridgehead atoms. The minimum absolute atomic E-state index is 0.00282. The third-order valence-corrected chi connectivity index (χ3v) is 2.24. The fourth-order valence-corrected chi connectivity index (χ4v) is 1.42. The van der Waals surface area contributed by atoms with E-state index in [4.69, 9.17) is 5.11 Å². The number of phenolic OH excluding ortho intramolecular Hbond substituents is 1. The lowest BCUT2D eigenvalue weighted by Gasteiger charge is -1.96. The van der Waals surface area contributed by atoms with Crippen LogP contribution in [-0.2, 0) is 11.3 Å². The van der Waals surface area contributed by atoms with E-state index in [9.17, 15) is 9.90 Å². The highest BCUT2D eigenvalue weighted by atomic mass is 16.4. The smallest absolute Gasteiger partial charge is 0.305 e. The number of benzene rings is 1. The van der Waals surface area contributed by atoms with E-state index in [1.165, 1.54) is 4.68 Å². The molecule has 1 aromatic carbocycles. The Morgan fingerprint density at radius 1 is 1.41 bits per heavy atom. The van der Waals surface area contributed by atoms with Gasteiger partial charge in [-0.15, -0.1) is 5.10 Å². The van der Waals surface area contributed by atoms with Gasteiger partial charge in [0.25, 0.3) is 0 Å². The summed E-state index contributed by atoms with van der Waals surface area (Å²) in [6.45, 7) is 0.279. The summed E-state index contributed by atoms with van der Waals surface area (Å²) < 4.78 is 1.47. The molecule has 6 heteroatoms. The Balaban J connectivity index is 2.15. The molecule has 0 atom stereocenters. The van der Waals surface area contributed by atoms with Crippen LogP contribution in [0.2, 0.25) is 0 Å². The minimum atomic E-state index is -0.876. The molecule has 2 aromatic rings. The van der Waals surface area contributed by atoms with Crippen LogP contribution in [0.4, 0.5) is 0 Å². The first-order valence-electron chi connectivity index (χ1n) is 5.06. The van der Waals surface area contributed by atoms with Crippen molar-refractivity contribution in [2.24, 2.45) is 0 Å². The number of phenols is 1. The van der Waals surface area contributed by atoms with Crippen molar-refractivity contribution in [1.29, 1.82) is 0 Å². The molecule has 6 nitrogen and oxygen atoms in total. The maximum absolute atomic E-state index is 10.4. The molecule has 0 radical (unpaired) electrons. The van der Waals surface area contributed by atoms with Crippen molar-refractivity contribution in [3.63, 3.8) is 0 Å². The zero-order valence-electron chi connectivity index (χ0n) is 8.95. The summed E-state index contributed by atoms with van der Waals surface area (Å²) in [6.07, 6.45) is 1.65. The van der Waals surface area contributed by atoms with Crippen LogP contribution in [0.1, 0.15) is 6.42 Å². The molecule has 1 aromatic heterocycles. The van der Waals surface area contributed by atoms with Gasteiger partial charge in [0.05, 0.1) is 19.2 Å². The van der Waals surface area contributed by atoms with Crippen molar-refractivity contribution in [3.8, 4) is 17.0 Å². The van der Waals surface area contributed by atoms with Crippen LogP contribution in [0.15, 0.2) is 30.5 Å². The Bertz CT molecular complexity index is 536. The first-order chi connectivity index (χ1) is 8.15. The van der Waals surface area contributed by atoms with E-state index in [1.54, 1.807) is 30.5 Å². The first-order valence-corrected chi connectivity index (χ1v) is 5.06. The largest absolute Gasteiger partial charge is 0.508 e. The number of aryl methyl sites for hydroxylation is 1. The van der Waals surface area contributed by atoms with Gasteiger partial charge in [-0.25, -0.2) is 0 Å². The number of hydrogen-bond acceptors (Lipinski definition) is 4. The van der Waals surface area contributed by atoms with Gasteiger partial charge >= 0.3 is 5.97 Å². The summed E-state index contributed by atoms with van der Waals surface area (Å²) in [7, 11) is 0. The number of aliphatic carboxylic acids is 1.